The highest BCUT2D eigenvalue weighted by Crippen LogP contribution is 2.42. The quantitative estimate of drug-likeness (QED) is 0.175. The molecule has 10 aromatic rings. The first kappa shape index (κ1) is 27.8. The fourth-order valence-corrected chi connectivity index (χ4v) is 8.25. The van der Waals surface area contributed by atoms with Crippen LogP contribution in [0.1, 0.15) is 0 Å². The molecule has 4 heteroatoms. The molecular weight excluding hydrogens is 617 g/mol. The maximum Gasteiger partial charge on any atom is 0.136 e. The molecule has 0 unspecified atom stereocenters. The van der Waals surface area contributed by atoms with E-state index in [1.165, 1.54) is 26.2 Å². The summed E-state index contributed by atoms with van der Waals surface area (Å²) in [5, 5.41) is 8.21. The van der Waals surface area contributed by atoms with Crippen LogP contribution in [-0.4, -0.2) is 4.98 Å². The van der Waals surface area contributed by atoms with E-state index in [0.29, 0.717) is 0 Å². The van der Waals surface area contributed by atoms with Crippen molar-refractivity contribution in [2.45, 2.75) is 0 Å². The van der Waals surface area contributed by atoms with Crippen molar-refractivity contribution < 1.29 is 4.42 Å². The Hall–Kier alpha value is -6.23. The van der Waals surface area contributed by atoms with E-state index < -0.39 is 0 Å². The van der Waals surface area contributed by atoms with Crippen LogP contribution in [0.4, 0.5) is 17.1 Å². The molecule has 0 aliphatic heterocycles. The van der Waals surface area contributed by atoms with Crippen molar-refractivity contribution in [2.24, 2.45) is 0 Å². The molecule has 0 atom stereocenters. The molecule has 0 aliphatic rings. The van der Waals surface area contributed by atoms with Gasteiger partial charge in [-0.2, -0.15) is 0 Å². The molecule has 230 valence electrons. The number of hydrogen-bond acceptors (Lipinski definition) is 4. The van der Waals surface area contributed by atoms with Crippen LogP contribution in [0.2, 0.25) is 0 Å². The molecule has 0 saturated heterocycles. The average Bonchev–Trinajstić information content (AvgIpc) is 3.77. The molecule has 0 fully saturated rings. The van der Waals surface area contributed by atoms with Gasteiger partial charge in [0, 0.05) is 38.8 Å². The van der Waals surface area contributed by atoms with Crippen LogP contribution >= 0.6 is 11.3 Å². The van der Waals surface area contributed by atoms with Gasteiger partial charge in [0.1, 0.15) is 16.2 Å². The number of benzene rings is 8. The van der Waals surface area contributed by atoms with Gasteiger partial charge in [0.15, 0.2) is 0 Å². The van der Waals surface area contributed by atoms with Crippen LogP contribution in [0.3, 0.4) is 0 Å². The smallest absolute Gasteiger partial charge is 0.136 e. The molecule has 49 heavy (non-hydrogen) atoms. The second-order valence-electron chi connectivity index (χ2n) is 12.4. The van der Waals surface area contributed by atoms with Crippen molar-refractivity contribution in [3.63, 3.8) is 0 Å². The molecule has 0 N–H and O–H groups in total. The normalized spacial score (nSPS) is 11.7. The average molecular weight is 645 g/mol. The maximum atomic E-state index is 6.25. The van der Waals surface area contributed by atoms with E-state index in [2.05, 4.69) is 163 Å². The van der Waals surface area contributed by atoms with Crippen LogP contribution < -0.4 is 4.90 Å². The van der Waals surface area contributed by atoms with Gasteiger partial charge in [0.2, 0.25) is 0 Å². The summed E-state index contributed by atoms with van der Waals surface area (Å²) < 4.78 is 7.47. The van der Waals surface area contributed by atoms with Gasteiger partial charge in [0.25, 0.3) is 0 Å². The first-order chi connectivity index (χ1) is 24.3. The highest BCUT2D eigenvalue weighted by Gasteiger charge is 2.17. The lowest BCUT2D eigenvalue weighted by Crippen LogP contribution is -2.09. The van der Waals surface area contributed by atoms with Crippen molar-refractivity contribution in [2.75, 3.05) is 4.90 Å². The Kier molecular flexibility index (Phi) is 6.36. The highest BCUT2D eigenvalue weighted by atomic mass is 32.1. The largest absolute Gasteiger partial charge is 0.456 e. The predicted octanol–water partition coefficient (Wildman–Crippen LogP) is 13.3. The molecule has 10 rings (SSSR count). The zero-order valence-electron chi connectivity index (χ0n) is 26.4. The van der Waals surface area contributed by atoms with Gasteiger partial charge in [0.05, 0.1) is 10.2 Å². The SMILES string of the molecule is c1ccc(-c2nc3ccc4ccc5ccc(N(c6ccccc6)c6cccc(-c7ccc8c(c7)oc7ccccc78)c6)cc5c4c3s2)cc1. The molecule has 2 aromatic heterocycles. The number of hydrogen-bond donors (Lipinski definition) is 0. The number of aromatic nitrogens is 1. The van der Waals surface area contributed by atoms with Gasteiger partial charge in [-0.1, -0.05) is 109 Å². The minimum Gasteiger partial charge on any atom is -0.456 e. The number of fused-ring (bicyclic) bond motifs is 8. The number of rotatable bonds is 5. The Balaban J connectivity index is 1.14. The minimum absolute atomic E-state index is 0.898. The number of anilines is 3. The van der Waals surface area contributed by atoms with E-state index in [4.69, 9.17) is 9.40 Å². The third kappa shape index (κ3) is 4.68. The van der Waals surface area contributed by atoms with E-state index >= 15 is 0 Å². The first-order valence-electron chi connectivity index (χ1n) is 16.5. The monoisotopic (exact) mass is 644 g/mol. The van der Waals surface area contributed by atoms with E-state index in [9.17, 15) is 0 Å². The third-order valence-electron chi connectivity index (χ3n) is 9.45. The lowest BCUT2D eigenvalue weighted by Gasteiger charge is -2.26. The molecular formula is C45H28N2OS. The highest BCUT2D eigenvalue weighted by molar-refractivity contribution is 7.22. The van der Waals surface area contributed by atoms with Crippen LogP contribution in [0, 0.1) is 0 Å². The van der Waals surface area contributed by atoms with E-state index in [1.807, 2.05) is 12.1 Å². The number of nitrogens with zero attached hydrogens (tertiary/aromatic N) is 2. The number of furan rings is 1. The number of thiazole rings is 1. The van der Waals surface area contributed by atoms with Crippen LogP contribution in [0.25, 0.3) is 75.4 Å². The molecule has 0 spiro atoms. The second kappa shape index (κ2) is 11.2. The Morgan fingerprint density at radius 1 is 0.449 bits per heavy atom. The van der Waals surface area contributed by atoms with Crippen molar-refractivity contribution in [3.05, 3.63) is 170 Å². The van der Waals surface area contributed by atoms with E-state index in [1.54, 1.807) is 11.3 Å². The van der Waals surface area contributed by atoms with Crippen molar-refractivity contribution >= 4 is 82.1 Å². The summed E-state index contributed by atoms with van der Waals surface area (Å²) in [6.07, 6.45) is 0. The molecule has 0 amide bonds. The van der Waals surface area contributed by atoms with E-state index in [0.717, 1.165) is 66.2 Å². The second-order valence-corrected chi connectivity index (χ2v) is 13.4. The fraction of sp³-hybridized carbons (Fsp3) is 0. The van der Waals surface area contributed by atoms with Gasteiger partial charge < -0.3 is 9.32 Å². The summed E-state index contributed by atoms with van der Waals surface area (Å²) in [5.74, 6) is 0. The van der Waals surface area contributed by atoms with Gasteiger partial charge in [-0.15, -0.1) is 11.3 Å². The Bertz CT molecular complexity index is 2840. The number of para-hydroxylation sites is 2. The molecule has 0 aliphatic carbocycles. The Morgan fingerprint density at radius 2 is 1.12 bits per heavy atom. The predicted molar refractivity (Wildman–Crippen MR) is 207 cm³/mol. The topological polar surface area (TPSA) is 29.3 Å². The van der Waals surface area contributed by atoms with Gasteiger partial charge >= 0.3 is 0 Å². The summed E-state index contributed by atoms with van der Waals surface area (Å²) in [6.45, 7) is 0. The Labute approximate surface area is 286 Å². The van der Waals surface area contributed by atoms with E-state index in [-0.39, 0.29) is 0 Å². The van der Waals surface area contributed by atoms with Crippen molar-refractivity contribution in [1.82, 2.24) is 4.98 Å². The van der Waals surface area contributed by atoms with Gasteiger partial charge in [-0.05, 0) is 87.9 Å². The van der Waals surface area contributed by atoms with Crippen LogP contribution in [0.15, 0.2) is 174 Å². The summed E-state index contributed by atoms with van der Waals surface area (Å²) in [6, 6.07) is 60.3. The van der Waals surface area contributed by atoms with Crippen LogP contribution in [-0.2, 0) is 0 Å². The maximum absolute atomic E-state index is 6.25. The van der Waals surface area contributed by atoms with Crippen molar-refractivity contribution in [3.8, 4) is 21.7 Å². The standard InChI is InChI=1S/C45H28N2OS/c1-3-10-31(11-4-1)45-46-40-25-22-30-19-18-29-20-23-36(28-39(29)43(30)44(40)49-45)47(34-13-5-2-6-14-34)35-15-9-12-32(26-35)33-21-24-38-37-16-7-8-17-41(37)48-42(38)27-33/h1-28H. The fourth-order valence-electron chi connectivity index (χ4n) is 7.11. The zero-order chi connectivity index (χ0) is 32.3. The van der Waals surface area contributed by atoms with Crippen molar-refractivity contribution in [1.29, 1.82) is 0 Å². The lowest BCUT2D eigenvalue weighted by molar-refractivity contribution is 0.669. The molecule has 3 nitrogen and oxygen atoms in total. The third-order valence-corrected chi connectivity index (χ3v) is 10.6. The molecule has 0 saturated carbocycles. The minimum atomic E-state index is 0.898. The molecule has 8 aromatic carbocycles. The first-order valence-corrected chi connectivity index (χ1v) is 17.3. The summed E-state index contributed by atoms with van der Waals surface area (Å²) >= 11 is 1.77. The lowest BCUT2D eigenvalue weighted by atomic mass is 10.00. The van der Waals surface area contributed by atoms with Gasteiger partial charge in [-0.3, -0.25) is 0 Å². The van der Waals surface area contributed by atoms with Crippen LogP contribution in [0.5, 0.6) is 0 Å². The molecule has 0 radical (unpaired) electrons. The van der Waals surface area contributed by atoms with Gasteiger partial charge in [-0.25, -0.2) is 4.98 Å². The zero-order valence-corrected chi connectivity index (χ0v) is 27.2. The Morgan fingerprint density at radius 3 is 2.02 bits per heavy atom. The summed E-state index contributed by atoms with van der Waals surface area (Å²) in [4.78, 5) is 7.41. The summed E-state index contributed by atoms with van der Waals surface area (Å²) in [5.41, 5.74) is 9.52. The molecule has 0 bridgehead atoms. The molecule has 2 heterocycles. The summed E-state index contributed by atoms with van der Waals surface area (Å²) in [7, 11) is 0.